The number of amides is 1. The number of ether oxygens (including phenoxy) is 2. The van der Waals surface area contributed by atoms with Crippen molar-refractivity contribution in [2.75, 3.05) is 12.4 Å². The Morgan fingerprint density at radius 1 is 1.14 bits per heavy atom. The topological polar surface area (TPSA) is 73.6 Å². The highest BCUT2D eigenvalue weighted by molar-refractivity contribution is 5.93. The molecule has 0 aliphatic rings. The number of rotatable bonds is 8. The Bertz CT molecular complexity index is 918. The molecule has 0 spiro atoms. The first-order valence-electron chi connectivity index (χ1n) is 9.20. The molecule has 1 atom stereocenters. The van der Waals surface area contributed by atoms with Gasteiger partial charge in [0.25, 0.3) is 5.91 Å². The molecule has 146 valence electrons. The van der Waals surface area contributed by atoms with Crippen LogP contribution in [0.25, 0.3) is 11.3 Å². The van der Waals surface area contributed by atoms with E-state index in [2.05, 4.69) is 29.5 Å². The molecule has 6 heteroatoms. The third-order valence-electron chi connectivity index (χ3n) is 4.42. The second kappa shape index (κ2) is 9.19. The van der Waals surface area contributed by atoms with Crippen LogP contribution in [0.15, 0.2) is 59.1 Å². The summed E-state index contributed by atoms with van der Waals surface area (Å²) in [6, 6.07) is 17.3. The number of aryl methyl sites for hydroxylation is 1. The van der Waals surface area contributed by atoms with Crippen LogP contribution in [-0.2, 0) is 22.6 Å². The van der Waals surface area contributed by atoms with E-state index in [4.69, 9.17) is 14.0 Å². The van der Waals surface area contributed by atoms with Gasteiger partial charge in [-0.25, -0.2) is 0 Å². The van der Waals surface area contributed by atoms with E-state index in [1.165, 1.54) is 5.56 Å². The summed E-state index contributed by atoms with van der Waals surface area (Å²) in [4.78, 5) is 12.3. The Kier molecular flexibility index (Phi) is 6.45. The fourth-order valence-electron chi connectivity index (χ4n) is 2.66. The number of methoxy groups -OCH3 is 1. The van der Waals surface area contributed by atoms with Gasteiger partial charge < -0.3 is 14.0 Å². The van der Waals surface area contributed by atoms with Crippen molar-refractivity contribution in [2.24, 2.45) is 0 Å². The summed E-state index contributed by atoms with van der Waals surface area (Å²) < 4.78 is 16.1. The summed E-state index contributed by atoms with van der Waals surface area (Å²) in [5, 5.41) is 6.72. The van der Waals surface area contributed by atoms with Crippen molar-refractivity contribution in [3.63, 3.8) is 0 Å². The Morgan fingerprint density at radius 3 is 2.64 bits per heavy atom. The van der Waals surface area contributed by atoms with Gasteiger partial charge in [-0.05, 0) is 36.6 Å². The highest BCUT2D eigenvalue weighted by atomic mass is 16.5. The number of aromatic nitrogens is 1. The lowest BCUT2D eigenvalue weighted by molar-refractivity contribution is -0.127. The van der Waals surface area contributed by atoms with Crippen LogP contribution in [-0.4, -0.2) is 24.3 Å². The van der Waals surface area contributed by atoms with Crippen molar-refractivity contribution >= 4 is 11.8 Å². The number of nitrogens with zero attached hydrogens (tertiary/aromatic N) is 1. The molecule has 3 rings (SSSR count). The average Bonchev–Trinajstić information content (AvgIpc) is 3.20. The molecule has 1 unspecified atom stereocenters. The van der Waals surface area contributed by atoms with E-state index in [1.807, 2.05) is 36.4 Å². The lowest BCUT2D eigenvalue weighted by Crippen LogP contribution is -2.27. The first kappa shape index (κ1) is 19.6. The Morgan fingerprint density at radius 2 is 1.93 bits per heavy atom. The van der Waals surface area contributed by atoms with Crippen molar-refractivity contribution in [1.82, 2.24) is 5.16 Å². The molecule has 0 radical (unpaired) electrons. The van der Waals surface area contributed by atoms with Crippen molar-refractivity contribution in [3.05, 3.63) is 65.7 Å². The Balaban J connectivity index is 1.55. The first-order valence-corrected chi connectivity index (χ1v) is 9.20. The third-order valence-corrected chi connectivity index (χ3v) is 4.42. The van der Waals surface area contributed by atoms with Crippen molar-refractivity contribution in [2.45, 2.75) is 33.0 Å². The minimum absolute atomic E-state index is 0.288. The van der Waals surface area contributed by atoms with Crippen LogP contribution in [0.3, 0.4) is 0 Å². The maximum atomic E-state index is 12.3. The molecule has 2 aromatic carbocycles. The van der Waals surface area contributed by atoms with E-state index in [1.54, 1.807) is 20.1 Å². The van der Waals surface area contributed by atoms with E-state index in [-0.39, 0.29) is 11.8 Å². The second-order valence-corrected chi connectivity index (χ2v) is 6.42. The van der Waals surface area contributed by atoms with E-state index < -0.39 is 6.10 Å². The molecule has 3 aromatic rings. The summed E-state index contributed by atoms with van der Waals surface area (Å²) in [5.74, 6) is 0.739. The lowest BCUT2D eigenvalue weighted by Gasteiger charge is -2.12. The standard InChI is InChI=1S/C22H24N2O4/c1-4-16-8-10-18(11-9-16)20-13-21(28-24-20)23-22(25)15(2)27-14-17-6-5-7-19(12-17)26-3/h5-13,15H,4,14H2,1-3H3,(H,23,25). The molecule has 28 heavy (non-hydrogen) atoms. The maximum absolute atomic E-state index is 12.3. The Labute approximate surface area is 164 Å². The average molecular weight is 380 g/mol. The molecule has 0 fully saturated rings. The number of hydrogen-bond acceptors (Lipinski definition) is 5. The van der Waals surface area contributed by atoms with Crippen LogP contribution in [0.2, 0.25) is 0 Å². The number of anilines is 1. The van der Waals surface area contributed by atoms with Crippen LogP contribution in [0.4, 0.5) is 5.88 Å². The van der Waals surface area contributed by atoms with Crippen LogP contribution in [0.5, 0.6) is 5.75 Å². The van der Waals surface area contributed by atoms with Crippen molar-refractivity contribution < 1.29 is 18.8 Å². The minimum Gasteiger partial charge on any atom is -0.497 e. The molecular formula is C22H24N2O4. The number of carbonyl (C=O) groups excluding carboxylic acids is 1. The summed E-state index contributed by atoms with van der Waals surface area (Å²) in [5.41, 5.74) is 3.78. The quantitative estimate of drug-likeness (QED) is 0.625. The van der Waals surface area contributed by atoms with Gasteiger partial charge in [0.05, 0.1) is 13.7 Å². The van der Waals surface area contributed by atoms with Gasteiger partial charge in [0.15, 0.2) is 0 Å². The van der Waals surface area contributed by atoms with Gasteiger partial charge in [0.1, 0.15) is 17.5 Å². The highest BCUT2D eigenvalue weighted by Gasteiger charge is 2.16. The number of nitrogens with one attached hydrogen (secondary N) is 1. The van der Waals surface area contributed by atoms with Crippen LogP contribution < -0.4 is 10.1 Å². The first-order chi connectivity index (χ1) is 13.6. The molecule has 0 bridgehead atoms. The van der Waals surface area contributed by atoms with Gasteiger partial charge in [-0.1, -0.05) is 48.5 Å². The van der Waals surface area contributed by atoms with Crippen LogP contribution in [0, 0.1) is 0 Å². The number of benzene rings is 2. The summed E-state index contributed by atoms with van der Waals surface area (Å²) >= 11 is 0. The zero-order chi connectivity index (χ0) is 19.9. The van der Waals surface area contributed by atoms with Gasteiger partial charge in [-0.2, -0.15) is 0 Å². The molecule has 6 nitrogen and oxygen atoms in total. The van der Waals surface area contributed by atoms with E-state index in [0.29, 0.717) is 12.3 Å². The predicted molar refractivity (Wildman–Crippen MR) is 107 cm³/mol. The fourth-order valence-corrected chi connectivity index (χ4v) is 2.66. The van der Waals surface area contributed by atoms with Gasteiger partial charge in [-0.3, -0.25) is 10.1 Å². The normalized spacial score (nSPS) is 11.8. The van der Waals surface area contributed by atoms with E-state index >= 15 is 0 Å². The summed E-state index contributed by atoms with van der Waals surface area (Å²) in [7, 11) is 1.61. The molecule has 1 aromatic heterocycles. The monoisotopic (exact) mass is 380 g/mol. The molecule has 0 saturated carbocycles. The molecule has 0 saturated heterocycles. The van der Waals surface area contributed by atoms with Crippen molar-refractivity contribution in [1.29, 1.82) is 0 Å². The van der Waals surface area contributed by atoms with Gasteiger partial charge in [0, 0.05) is 11.6 Å². The van der Waals surface area contributed by atoms with Gasteiger partial charge >= 0.3 is 0 Å². The maximum Gasteiger partial charge on any atom is 0.255 e. The summed E-state index contributed by atoms with van der Waals surface area (Å²) in [6.45, 7) is 4.10. The largest absolute Gasteiger partial charge is 0.497 e. The molecule has 1 amide bonds. The number of hydrogen-bond donors (Lipinski definition) is 1. The van der Waals surface area contributed by atoms with E-state index in [0.717, 1.165) is 23.3 Å². The van der Waals surface area contributed by atoms with Gasteiger partial charge in [-0.15, -0.1) is 0 Å². The van der Waals surface area contributed by atoms with Crippen LogP contribution >= 0.6 is 0 Å². The fraction of sp³-hybridized carbons (Fsp3) is 0.273. The number of carbonyl (C=O) groups is 1. The lowest BCUT2D eigenvalue weighted by atomic mass is 10.1. The van der Waals surface area contributed by atoms with Crippen LogP contribution in [0.1, 0.15) is 25.0 Å². The molecule has 0 aliphatic heterocycles. The highest BCUT2D eigenvalue weighted by Crippen LogP contribution is 2.22. The van der Waals surface area contributed by atoms with E-state index in [9.17, 15) is 4.79 Å². The Hall–Kier alpha value is -3.12. The molecule has 0 aliphatic carbocycles. The molecular weight excluding hydrogens is 356 g/mol. The second-order valence-electron chi connectivity index (χ2n) is 6.42. The van der Waals surface area contributed by atoms with Gasteiger partial charge in [0.2, 0.25) is 5.88 Å². The SMILES string of the molecule is CCc1ccc(-c2cc(NC(=O)C(C)OCc3cccc(OC)c3)on2)cc1. The minimum atomic E-state index is -0.649. The zero-order valence-electron chi connectivity index (χ0n) is 16.3. The summed E-state index contributed by atoms with van der Waals surface area (Å²) in [6.07, 6.45) is 0.331. The predicted octanol–water partition coefficient (Wildman–Crippen LogP) is 4.46. The smallest absolute Gasteiger partial charge is 0.255 e. The zero-order valence-corrected chi connectivity index (χ0v) is 16.3. The van der Waals surface area contributed by atoms with Crippen molar-refractivity contribution in [3.8, 4) is 17.0 Å². The molecule has 1 heterocycles. The molecule has 1 N–H and O–H groups in total. The third kappa shape index (κ3) is 4.98.